The topological polar surface area (TPSA) is 64.9 Å². The van der Waals surface area contributed by atoms with Gasteiger partial charge in [0.2, 0.25) is 0 Å². The lowest BCUT2D eigenvalue weighted by Crippen LogP contribution is -2.14. The first kappa shape index (κ1) is 17.4. The van der Waals surface area contributed by atoms with Crippen molar-refractivity contribution >= 4 is 17.4 Å². The van der Waals surface area contributed by atoms with Crippen LogP contribution < -0.4 is 10.1 Å². The van der Waals surface area contributed by atoms with E-state index < -0.39 is 6.09 Å². The fraction of sp³-hybridized carbons (Fsp3) is 0.200. The van der Waals surface area contributed by atoms with E-state index >= 15 is 0 Å². The van der Waals surface area contributed by atoms with Gasteiger partial charge in [0.1, 0.15) is 5.75 Å². The van der Waals surface area contributed by atoms with Crippen molar-refractivity contribution in [2.45, 2.75) is 13.8 Å². The summed E-state index contributed by atoms with van der Waals surface area (Å²) in [6, 6.07) is 9.23. The molecule has 0 saturated heterocycles. The highest BCUT2D eigenvalue weighted by Gasteiger charge is 2.12. The first-order chi connectivity index (χ1) is 12.6. The number of carbonyl (C=O) groups excluding carboxylic acids is 1. The molecule has 6 nitrogen and oxygen atoms in total. The molecule has 1 N–H and O–H groups in total. The van der Waals surface area contributed by atoms with Crippen molar-refractivity contribution in [3.05, 3.63) is 59.5 Å². The Labute approximate surface area is 151 Å². The number of amides is 1. The summed E-state index contributed by atoms with van der Waals surface area (Å²) >= 11 is 0. The highest BCUT2D eigenvalue weighted by atomic mass is 16.5. The van der Waals surface area contributed by atoms with Crippen molar-refractivity contribution in [1.82, 2.24) is 9.38 Å². The van der Waals surface area contributed by atoms with E-state index in [9.17, 15) is 4.79 Å². The first-order valence-electron chi connectivity index (χ1n) is 8.19. The van der Waals surface area contributed by atoms with Crippen LogP contribution in [-0.2, 0) is 4.74 Å². The summed E-state index contributed by atoms with van der Waals surface area (Å²) in [5.74, 6) is 7.00. The molecule has 0 spiro atoms. The number of imidazole rings is 1. The van der Waals surface area contributed by atoms with Crippen LogP contribution in [0.3, 0.4) is 0 Å². The molecule has 26 heavy (non-hydrogen) atoms. The molecule has 0 aliphatic carbocycles. The third kappa shape index (κ3) is 3.78. The van der Waals surface area contributed by atoms with E-state index in [2.05, 4.69) is 22.1 Å². The summed E-state index contributed by atoms with van der Waals surface area (Å²) in [4.78, 5) is 16.3. The number of anilines is 1. The minimum atomic E-state index is -0.521. The standard InChI is InChI=1S/C20H19N3O3/c1-4-26-20(24)22-18-11-12-23-13-14(2)21-19(23)17(18)10-7-15-5-8-16(25-3)9-6-15/h5-6,8-9,11-13H,4H2,1-3H3,(H,22,24). The van der Waals surface area contributed by atoms with Gasteiger partial charge >= 0.3 is 6.09 Å². The number of carbonyl (C=O) groups is 1. The second kappa shape index (κ2) is 7.62. The van der Waals surface area contributed by atoms with Gasteiger partial charge in [-0.1, -0.05) is 11.8 Å². The molecular weight excluding hydrogens is 330 g/mol. The van der Waals surface area contributed by atoms with Gasteiger partial charge in [0, 0.05) is 18.0 Å². The predicted molar refractivity (Wildman–Crippen MR) is 99.5 cm³/mol. The molecule has 0 aliphatic heterocycles. The molecule has 6 heteroatoms. The normalized spacial score (nSPS) is 10.1. The number of rotatable bonds is 3. The molecule has 1 aromatic carbocycles. The third-order valence-electron chi connectivity index (χ3n) is 3.68. The molecule has 0 unspecified atom stereocenters. The smallest absolute Gasteiger partial charge is 0.411 e. The van der Waals surface area contributed by atoms with Gasteiger partial charge in [-0.05, 0) is 44.2 Å². The molecule has 0 atom stereocenters. The van der Waals surface area contributed by atoms with Crippen molar-refractivity contribution in [3.8, 4) is 17.6 Å². The molecule has 0 bridgehead atoms. The monoisotopic (exact) mass is 349 g/mol. The van der Waals surface area contributed by atoms with Gasteiger partial charge in [-0.2, -0.15) is 0 Å². The maximum absolute atomic E-state index is 11.8. The number of fused-ring (bicyclic) bond motifs is 1. The van der Waals surface area contributed by atoms with E-state index in [0.717, 1.165) is 17.0 Å². The van der Waals surface area contributed by atoms with E-state index in [1.807, 2.05) is 48.0 Å². The first-order valence-corrected chi connectivity index (χ1v) is 8.19. The quantitative estimate of drug-likeness (QED) is 0.734. The van der Waals surface area contributed by atoms with Crippen molar-refractivity contribution in [3.63, 3.8) is 0 Å². The minimum absolute atomic E-state index is 0.295. The van der Waals surface area contributed by atoms with Crippen LogP contribution in [-0.4, -0.2) is 29.2 Å². The number of nitrogens with zero attached hydrogens (tertiary/aromatic N) is 2. The van der Waals surface area contributed by atoms with Gasteiger partial charge in [-0.15, -0.1) is 0 Å². The molecule has 2 heterocycles. The van der Waals surface area contributed by atoms with Crippen LogP contribution >= 0.6 is 0 Å². The second-order valence-electron chi connectivity index (χ2n) is 5.54. The lowest BCUT2D eigenvalue weighted by Gasteiger charge is -2.08. The van der Waals surface area contributed by atoms with Crippen LogP contribution in [0.4, 0.5) is 10.5 Å². The molecule has 0 fully saturated rings. The molecule has 0 saturated carbocycles. The molecule has 2 aromatic heterocycles. The Morgan fingerprint density at radius 1 is 1.23 bits per heavy atom. The Bertz CT molecular complexity index is 995. The number of aromatic nitrogens is 2. The van der Waals surface area contributed by atoms with Gasteiger partial charge in [0.25, 0.3) is 0 Å². The SMILES string of the molecule is CCOC(=O)Nc1ccn2cc(C)nc2c1C#Cc1ccc(OC)cc1. The Hall–Kier alpha value is -3.46. The van der Waals surface area contributed by atoms with Crippen LogP contribution in [0.15, 0.2) is 42.7 Å². The molecule has 132 valence electrons. The number of hydrogen-bond acceptors (Lipinski definition) is 4. The number of hydrogen-bond donors (Lipinski definition) is 1. The van der Waals surface area contributed by atoms with Crippen LogP contribution in [0, 0.1) is 18.8 Å². The summed E-state index contributed by atoms with van der Waals surface area (Å²) in [6.45, 7) is 3.96. The van der Waals surface area contributed by atoms with Crippen LogP contribution in [0.5, 0.6) is 5.75 Å². The summed E-state index contributed by atoms with van der Waals surface area (Å²) in [5.41, 5.74) is 3.56. The molecule has 3 rings (SSSR count). The largest absolute Gasteiger partial charge is 0.497 e. The Balaban J connectivity index is 2.03. The molecule has 0 aliphatic rings. The van der Waals surface area contributed by atoms with Gasteiger partial charge in [0.15, 0.2) is 5.65 Å². The molecule has 1 amide bonds. The summed E-state index contributed by atoms with van der Waals surface area (Å²) in [6.07, 6.45) is 3.21. The van der Waals surface area contributed by atoms with E-state index in [-0.39, 0.29) is 0 Å². The van der Waals surface area contributed by atoms with Gasteiger partial charge in [-0.25, -0.2) is 9.78 Å². The van der Waals surface area contributed by atoms with Gasteiger partial charge in [-0.3, -0.25) is 5.32 Å². The van der Waals surface area contributed by atoms with E-state index in [0.29, 0.717) is 23.5 Å². The Morgan fingerprint density at radius 2 is 2.00 bits per heavy atom. The minimum Gasteiger partial charge on any atom is -0.497 e. The average molecular weight is 349 g/mol. The number of nitrogens with one attached hydrogen (secondary N) is 1. The highest BCUT2D eigenvalue weighted by molar-refractivity contribution is 5.89. The maximum Gasteiger partial charge on any atom is 0.411 e. The fourth-order valence-corrected chi connectivity index (χ4v) is 2.49. The zero-order chi connectivity index (χ0) is 18.5. The van der Waals surface area contributed by atoms with Gasteiger partial charge in [0.05, 0.1) is 30.7 Å². The number of pyridine rings is 1. The van der Waals surface area contributed by atoms with Crippen molar-refractivity contribution < 1.29 is 14.3 Å². The highest BCUT2D eigenvalue weighted by Crippen LogP contribution is 2.21. The fourth-order valence-electron chi connectivity index (χ4n) is 2.49. The van der Waals surface area contributed by atoms with Crippen molar-refractivity contribution in [2.75, 3.05) is 19.0 Å². The molecule has 3 aromatic rings. The van der Waals surface area contributed by atoms with Crippen molar-refractivity contribution in [1.29, 1.82) is 0 Å². The molecule has 0 radical (unpaired) electrons. The summed E-state index contributed by atoms with van der Waals surface area (Å²) in [5, 5.41) is 2.73. The number of ether oxygens (including phenoxy) is 2. The number of benzene rings is 1. The number of aryl methyl sites for hydroxylation is 1. The summed E-state index contributed by atoms with van der Waals surface area (Å²) < 4.78 is 12.0. The van der Waals surface area contributed by atoms with Crippen LogP contribution in [0.1, 0.15) is 23.7 Å². The third-order valence-corrected chi connectivity index (χ3v) is 3.68. The lowest BCUT2D eigenvalue weighted by atomic mass is 10.1. The van der Waals surface area contributed by atoms with Crippen LogP contribution in [0.25, 0.3) is 5.65 Å². The molecular formula is C20H19N3O3. The van der Waals surface area contributed by atoms with E-state index in [1.165, 1.54) is 0 Å². The van der Waals surface area contributed by atoms with E-state index in [4.69, 9.17) is 9.47 Å². The number of methoxy groups -OCH3 is 1. The van der Waals surface area contributed by atoms with E-state index in [1.54, 1.807) is 20.1 Å². The predicted octanol–water partition coefficient (Wildman–Crippen LogP) is 3.62. The zero-order valence-electron chi connectivity index (χ0n) is 14.9. The zero-order valence-corrected chi connectivity index (χ0v) is 14.9. The maximum atomic E-state index is 11.8. The lowest BCUT2D eigenvalue weighted by molar-refractivity contribution is 0.168. The Kier molecular flexibility index (Phi) is 5.09. The Morgan fingerprint density at radius 3 is 2.69 bits per heavy atom. The van der Waals surface area contributed by atoms with Gasteiger partial charge < -0.3 is 13.9 Å². The summed E-state index contributed by atoms with van der Waals surface area (Å²) in [7, 11) is 1.62. The van der Waals surface area contributed by atoms with Crippen molar-refractivity contribution in [2.24, 2.45) is 0 Å². The second-order valence-corrected chi connectivity index (χ2v) is 5.54. The average Bonchev–Trinajstić information content (AvgIpc) is 3.02. The van der Waals surface area contributed by atoms with Crippen LogP contribution in [0.2, 0.25) is 0 Å².